The monoisotopic (exact) mass is 528 g/mol. The van der Waals surface area contributed by atoms with Gasteiger partial charge in [-0.2, -0.15) is 0 Å². The first-order chi connectivity index (χ1) is 17.5. The summed E-state index contributed by atoms with van der Waals surface area (Å²) in [6.07, 6.45) is -3.29. The lowest BCUT2D eigenvalue weighted by Gasteiger charge is -2.45. The van der Waals surface area contributed by atoms with E-state index in [2.05, 4.69) is 0 Å². The summed E-state index contributed by atoms with van der Waals surface area (Å²) < 4.78 is 28.3. The molecule has 0 aromatic heterocycles. The number of aliphatic hydroxyl groups excluding tert-OH is 5. The molecule has 4 aliphatic rings. The minimum atomic E-state index is -1.73. The molecule has 3 heterocycles. The molecule has 3 fully saturated rings. The molecular weight excluding hydrogens is 492 g/mol. The lowest BCUT2D eigenvalue weighted by Crippen LogP contribution is -2.62. The number of allylic oxidation sites excluding steroid dienone is 2. The van der Waals surface area contributed by atoms with Gasteiger partial charge >= 0.3 is 5.97 Å². The van der Waals surface area contributed by atoms with E-state index in [9.17, 15) is 30.3 Å². The number of epoxide rings is 1. The molecule has 0 unspecified atom stereocenters. The Bertz CT molecular complexity index is 946. The van der Waals surface area contributed by atoms with E-state index in [1.807, 2.05) is 6.92 Å². The highest BCUT2D eigenvalue weighted by atomic mass is 16.8. The van der Waals surface area contributed by atoms with Crippen molar-refractivity contribution in [1.82, 2.24) is 0 Å². The van der Waals surface area contributed by atoms with Crippen LogP contribution < -0.4 is 0 Å². The van der Waals surface area contributed by atoms with Crippen LogP contribution in [0.5, 0.6) is 0 Å². The van der Waals surface area contributed by atoms with E-state index >= 15 is 0 Å². The van der Waals surface area contributed by atoms with Crippen molar-refractivity contribution >= 4 is 5.97 Å². The second kappa shape index (κ2) is 10.7. The van der Waals surface area contributed by atoms with E-state index in [1.54, 1.807) is 26.0 Å². The van der Waals surface area contributed by atoms with Gasteiger partial charge in [-0.3, -0.25) is 0 Å². The van der Waals surface area contributed by atoms with Gasteiger partial charge in [-0.25, -0.2) is 4.79 Å². The molecule has 0 amide bonds. The van der Waals surface area contributed by atoms with Crippen molar-refractivity contribution in [2.75, 3.05) is 13.2 Å². The van der Waals surface area contributed by atoms with Gasteiger partial charge in [0.05, 0.1) is 25.4 Å². The molecule has 1 saturated carbocycles. The zero-order chi connectivity index (χ0) is 27.1. The number of esters is 1. The molecule has 3 aliphatic heterocycles. The molecule has 4 rings (SSSR count). The van der Waals surface area contributed by atoms with E-state index in [-0.39, 0.29) is 6.61 Å². The molecule has 2 saturated heterocycles. The Morgan fingerprint density at radius 1 is 1.08 bits per heavy atom. The molecular formula is C25H36O12. The van der Waals surface area contributed by atoms with E-state index in [0.717, 1.165) is 5.57 Å². The van der Waals surface area contributed by atoms with Crippen LogP contribution in [0.3, 0.4) is 0 Å². The van der Waals surface area contributed by atoms with E-state index in [4.69, 9.17) is 28.8 Å². The van der Waals surface area contributed by atoms with Gasteiger partial charge in [0.1, 0.15) is 41.7 Å². The van der Waals surface area contributed by atoms with Crippen LogP contribution in [0.4, 0.5) is 0 Å². The lowest BCUT2D eigenvalue weighted by atomic mass is 9.82. The summed E-state index contributed by atoms with van der Waals surface area (Å²) in [7, 11) is 0. The molecule has 0 aromatic rings. The Labute approximate surface area is 214 Å². The molecule has 1 aliphatic carbocycles. The molecule has 6 N–H and O–H groups in total. The predicted molar refractivity (Wildman–Crippen MR) is 124 cm³/mol. The van der Waals surface area contributed by atoms with Crippen LogP contribution in [0.1, 0.15) is 33.6 Å². The first-order valence-electron chi connectivity index (χ1n) is 12.3. The maximum absolute atomic E-state index is 12.8. The van der Waals surface area contributed by atoms with Crippen LogP contribution >= 0.6 is 0 Å². The van der Waals surface area contributed by atoms with Crippen molar-refractivity contribution in [1.29, 1.82) is 0 Å². The summed E-state index contributed by atoms with van der Waals surface area (Å²) >= 11 is 0. The van der Waals surface area contributed by atoms with Gasteiger partial charge in [0.25, 0.3) is 0 Å². The number of ether oxygens (including phenoxy) is 5. The van der Waals surface area contributed by atoms with Gasteiger partial charge < -0.3 is 54.3 Å². The number of hydrogen-bond acceptors (Lipinski definition) is 12. The number of aliphatic hydroxyl groups is 6. The molecule has 208 valence electrons. The summed E-state index contributed by atoms with van der Waals surface area (Å²) in [5.41, 5.74) is -1.37. The highest BCUT2D eigenvalue weighted by Crippen LogP contribution is 2.62. The van der Waals surface area contributed by atoms with Crippen LogP contribution in [0, 0.1) is 5.92 Å². The van der Waals surface area contributed by atoms with Crippen LogP contribution in [0.2, 0.25) is 0 Å². The fourth-order valence-corrected chi connectivity index (χ4v) is 5.37. The summed E-state index contributed by atoms with van der Waals surface area (Å²) in [5.74, 6) is -1.53. The smallest absolute Gasteiger partial charge is 0.333 e. The average Bonchev–Trinajstić information content (AvgIpc) is 3.48. The number of carbonyl (C=O) groups is 1. The molecule has 0 bridgehead atoms. The highest BCUT2D eigenvalue weighted by Gasteiger charge is 2.80. The third-order valence-corrected chi connectivity index (χ3v) is 7.66. The zero-order valence-corrected chi connectivity index (χ0v) is 21.0. The normalized spacial score (nSPS) is 45.2. The van der Waals surface area contributed by atoms with E-state index in [1.165, 1.54) is 12.3 Å². The van der Waals surface area contributed by atoms with Gasteiger partial charge in [0.2, 0.25) is 6.29 Å². The van der Waals surface area contributed by atoms with Crippen molar-refractivity contribution in [2.45, 2.75) is 94.0 Å². The standard InChI is InChI=1S/C25H36O12/c1-12(7-9-26)5-4-6-13(2)21(31)35-20-19-24(3,37-19)18-23(33-10-8-25(18,20)32)36-22-17(30)16(29)15(28)14(11-27)34-22/h6-8,10,14-20,22-23,26-30,32H,4-5,9,11H2,1-3H3/b12-7-,13-6+/t14-,15-,16+,17-,18-,19+,20-,22-,23+,24-,25+/m1/s1. The van der Waals surface area contributed by atoms with Crippen LogP contribution in [0.15, 0.2) is 35.6 Å². The van der Waals surface area contributed by atoms with Crippen LogP contribution in [-0.4, -0.2) is 110 Å². The highest BCUT2D eigenvalue weighted by molar-refractivity contribution is 5.88. The molecule has 0 spiro atoms. The molecule has 12 heteroatoms. The summed E-state index contributed by atoms with van der Waals surface area (Å²) in [5, 5.41) is 60.5. The fraction of sp³-hybridized carbons (Fsp3) is 0.720. The van der Waals surface area contributed by atoms with Crippen LogP contribution in [-0.2, 0) is 28.5 Å². The first kappa shape index (κ1) is 28.1. The maximum Gasteiger partial charge on any atom is 0.333 e. The van der Waals surface area contributed by atoms with Crippen molar-refractivity contribution in [3.8, 4) is 0 Å². The minimum Gasteiger partial charge on any atom is -0.472 e. The number of hydrogen-bond donors (Lipinski definition) is 6. The number of rotatable bonds is 9. The second-order valence-electron chi connectivity index (χ2n) is 10.2. The SMILES string of the molecule is C/C(=C/CO)CC/C=C(\C)C(=O)O[C@@H]1[C@@H]2O[C@]2(C)[C@H]2[C@H](O[C@H]3O[C@H](CO)[C@@H](O)[C@H](O)[C@H]3O)OC=C[C@@]12O. The number of carbonyl (C=O) groups excluding carboxylic acids is 1. The van der Waals surface area contributed by atoms with E-state index < -0.39 is 78.9 Å². The lowest BCUT2D eigenvalue weighted by molar-refractivity contribution is -0.349. The Hall–Kier alpha value is -1.87. The van der Waals surface area contributed by atoms with Crippen molar-refractivity contribution in [2.24, 2.45) is 5.92 Å². The van der Waals surface area contributed by atoms with Gasteiger partial charge in [0, 0.05) is 5.57 Å². The summed E-state index contributed by atoms with van der Waals surface area (Å²) in [4.78, 5) is 12.8. The third-order valence-electron chi connectivity index (χ3n) is 7.66. The Morgan fingerprint density at radius 3 is 2.49 bits per heavy atom. The molecule has 0 radical (unpaired) electrons. The first-order valence-corrected chi connectivity index (χ1v) is 12.3. The maximum atomic E-state index is 12.8. The van der Waals surface area contributed by atoms with E-state index in [0.29, 0.717) is 18.4 Å². The van der Waals surface area contributed by atoms with Crippen molar-refractivity contribution in [3.63, 3.8) is 0 Å². The zero-order valence-electron chi connectivity index (χ0n) is 21.0. The Morgan fingerprint density at radius 2 is 1.81 bits per heavy atom. The quantitative estimate of drug-likeness (QED) is 0.0906. The van der Waals surface area contributed by atoms with Gasteiger partial charge in [-0.05, 0) is 39.7 Å². The molecule has 11 atom stereocenters. The summed E-state index contributed by atoms with van der Waals surface area (Å²) in [6, 6.07) is 0. The average molecular weight is 529 g/mol. The van der Waals surface area contributed by atoms with Gasteiger partial charge in [-0.1, -0.05) is 17.7 Å². The largest absolute Gasteiger partial charge is 0.472 e. The van der Waals surface area contributed by atoms with Gasteiger partial charge in [-0.15, -0.1) is 0 Å². The second-order valence-corrected chi connectivity index (χ2v) is 10.2. The Balaban J connectivity index is 1.47. The van der Waals surface area contributed by atoms with Crippen molar-refractivity contribution < 1.29 is 59.1 Å². The predicted octanol–water partition coefficient (Wildman–Crippen LogP) is -1.23. The van der Waals surface area contributed by atoms with Crippen molar-refractivity contribution in [3.05, 3.63) is 35.6 Å². The third kappa shape index (κ3) is 5.10. The Kier molecular flexibility index (Phi) is 8.15. The van der Waals surface area contributed by atoms with Crippen LogP contribution in [0.25, 0.3) is 0 Å². The molecule has 12 nitrogen and oxygen atoms in total. The molecule has 0 aromatic carbocycles. The summed E-state index contributed by atoms with van der Waals surface area (Å²) in [6.45, 7) is 4.54. The van der Waals surface area contributed by atoms with Gasteiger partial charge in [0.15, 0.2) is 12.4 Å². The topological polar surface area (TPSA) is 188 Å². The number of fused-ring (bicyclic) bond motifs is 3. The minimum absolute atomic E-state index is 0.0452. The molecule has 37 heavy (non-hydrogen) atoms. The fourth-order valence-electron chi connectivity index (χ4n) is 5.37.